The van der Waals surface area contributed by atoms with E-state index in [-0.39, 0.29) is 28.4 Å². The van der Waals surface area contributed by atoms with Crippen LogP contribution in [0.25, 0.3) is 0 Å². The van der Waals surface area contributed by atoms with E-state index in [4.69, 9.17) is 4.42 Å². The molecule has 40 heavy (non-hydrogen) atoms. The average molecular weight is 614 g/mol. The Balaban J connectivity index is 1.23. The number of benzene rings is 2. The summed E-state index contributed by atoms with van der Waals surface area (Å²) in [5, 5.41) is 7.28. The zero-order chi connectivity index (χ0) is 27.9. The van der Waals surface area contributed by atoms with E-state index in [1.807, 2.05) is 36.4 Å². The molecule has 0 spiro atoms. The third-order valence-corrected chi connectivity index (χ3v) is 8.33. The first-order valence-corrected chi connectivity index (χ1v) is 13.9. The summed E-state index contributed by atoms with van der Waals surface area (Å²) in [4.78, 5) is 17.6. The van der Waals surface area contributed by atoms with Crippen molar-refractivity contribution in [1.29, 1.82) is 0 Å². The summed E-state index contributed by atoms with van der Waals surface area (Å²) >= 11 is 3.38. The molecule has 7 nitrogen and oxygen atoms in total. The van der Waals surface area contributed by atoms with E-state index in [0.717, 1.165) is 15.8 Å². The van der Waals surface area contributed by atoms with Crippen LogP contribution in [0.1, 0.15) is 51.9 Å². The molecule has 1 amide bonds. The molecule has 1 saturated heterocycles. The second-order valence-corrected chi connectivity index (χ2v) is 10.8. The number of nitrogens with one attached hydrogen (secondary N) is 1. The molecule has 2 aliphatic heterocycles. The maximum absolute atomic E-state index is 14.1. The molecule has 1 fully saturated rings. The first-order valence-electron chi connectivity index (χ1n) is 13.1. The Bertz CT molecular complexity index is 1410. The van der Waals surface area contributed by atoms with Gasteiger partial charge in [-0.1, -0.05) is 60.7 Å². The minimum absolute atomic E-state index is 0.0292. The number of nitrogens with zero attached hydrogens (tertiary/aromatic N) is 4. The summed E-state index contributed by atoms with van der Waals surface area (Å²) in [6.07, 6.45) is -3.43. The zero-order valence-electron chi connectivity index (χ0n) is 21.4. The quantitative estimate of drug-likeness (QED) is 0.280. The van der Waals surface area contributed by atoms with Crippen molar-refractivity contribution in [2.45, 2.75) is 30.7 Å². The van der Waals surface area contributed by atoms with E-state index in [9.17, 15) is 18.0 Å². The molecule has 2 atom stereocenters. The highest BCUT2D eigenvalue weighted by Gasteiger charge is 2.48. The number of fused-ring (bicyclic) bond motifs is 1. The highest BCUT2D eigenvalue weighted by Crippen LogP contribution is 2.46. The van der Waals surface area contributed by atoms with Gasteiger partial charge in [-0.3, -0.25) is 9.69 Å². The van der Waals surface area contributed by atoms with E-state index in [1.165, 1.54) is 6.26 Å². The van der Waals surface area contributed by atoms with Crippen molar-refractivity contribution in [1.82, 2.24) is 19.6 Å². The summed E-state index contributed by atoms with van der Waals surface area (Å²) in [6, 6.07) is 21.1. The molecular formula is C29H27BrF3N5O2. The molecular weight excluding hydrogens is 587 g/mol. The SMILES string of the molecule is O=C(c1nn2c(c1Br)N[C@@H](c1ccco1)C[C@H]2C(F)(F)F)N1CCN(C(c2ccccc2)c2ccccc2)CC1. The maximum atomic E-state index is 14.1. The van der Waals surface area contributed by atoms with Gasteiger partial charge in [-0.2, -0.15) is 18.3 Å². The largest absolute Gasteiger partial charge is 0.467 e. The first kappa shape index (κ1) is 26.6. The molecule has 11 heteroatoms. The predicted octanol–water partition coefficient (Wildman–Crippen LogP) is 6.45. The molecule has 2 aliphatic rings. The van der Waals surface area contributed by atoms with Crippen molar-refractivity contribution in [2.75, 3.05) is 31.5 Å². The van der Waals surface area contributed by atoms with Gasteiger partial charge in [-0.25, -0.2) is 4.68 Å². The molecule has 0 saturated carbocycles. The summed E-state index contributed by atoms with van der Waals surface area (Å²) < 4.78 is 48.8. The standard InChI is InChI=1S/C29H27BrF3N5O2/c30-24-25(35-38-23(29(31,32)33)18-21(34-27(24)38)22-12-7-17-40-22)28(39)37-15-13-36(14-16-37)26(19-8-3-1-4-9-19)20-10-5-2-6-11-20/h1-12,17,21,23,26,34H,13-16,18H2/t21-,23+/m1/s1. The van der Waals surface area contributed by atoms with Crippen molar-refractivity contribution in [3.63, 3.8) is 0 Å². The molecule has 0 aliphatic carbocycles. The van der Waals surface area contributed by atoms with Crippen LogP contribution < -0.4 is 5.32 Å². The summed E-state index contributed by atoms with van der Waals surface area (Å²) in [5.74, 6) is 0.107. The van der Waals surface area contributed by atoms with E-state index in [1.54, 1.807) is 17.0 Å². The lowest BCUT2D eigenvalue weighted by molar-refractivity contribution is -0.174. The lowest BCUT2D eigenvalue weighted by Gasteiger charge is -2.39. The number of aromatic nitrogens is 2. The molecule has 0 bridgehead atoms. The number of hydrogen-bond donors (Lipinski definition) is 1. The number of anilines is 1. The van der Waals surface area contributed by atoms with Crippen LogP contribution in [0.4, 0.5) is 19.0 Å². The fourth-order valence-corrected chi connectivity index (χ4v) is 6.16. The molecule has 2 aromatic heterocycles. The van der Waals surface area contributed by atoms with E-state index < -0.39 is 24.2 Å². The van der Waals surface area contributed by atoms with Gasteiger partial charge in [-0.05, 0) is 39.2 Å². The Morgan fingerprint density at radius 2 is 1.57 bits per heavy atom. The number of hydrogen-bond acceptors (Lipinski definition) is 5. The van der Waals surface area contributed by atoms with Gasteiger partial charge in [0.15, 0.2) is 11.7 Å². The normalized spacial score (nSPS) is 19.9. The van der Waals surface area contributed by atoms with Crippen molar-refractivity contribution < 1.29 is 22.4 Å². The number of carbonyl (C=O) groups excluding carboxylic acids is 1. The predicted molar refractivity (Wildman–Crippen MR) is 147 cm³/mol. The van der Waals surface area contributed by atoms with Crippen molar-refractivity contribution >= 4 is 27.7 Å². The zero-order valence-corrected chi connectivity index (χ0v) is 23.0. The maximum Gasteiger partial charge on any atom is 0.410 e. The minimum atomic E-state index is -4.55. The highest BCUT2D eigenvalue weighted by molar-refractivity contribution is 9.10. The smallest absolute Gasteiger partial charge is 0.410 e. The van der Waals surface area contributed by atoms with Crippen LogP contribution in [0.3, 0.4) is 0 Å². The van der Waals surface area contributed by atoms with Gasteiger partial charge in [0.05, 0.1) is 22.8 Å². The molecule has 6 rings (SSSR count). The van der Waals surface area contributed by atoms with Crippen LogP contribution in [0, 0.1) is 0 Å². The number of furan rings is 1. The Kier molecular flexibility index (Phi) is 7.18. The second-order valence-electron chi connectivity index (χ2n) is 10.0. The van der Waals surface area contributed by atoms with Gasteiger partial charge in [0.2, 0.25) is 0 Å². The Hall–Kier alpha value is -3.57. The highest BCUT2D eigenvalue weighted by atomic mass is 79.9. The summed E-state index contributed by atoms with van der Waals surface area (Å²) in [5.41, 5.74) is 2.29. The van der Waals surface area contributed by atoms with Crippen LogP contribution in [0.2, 0.25) is 0 Å². The first-order chi connectivity index (χ1) is 19.3. The summed E-state index contributed by atoms with van der Waals surface area (Å²) in [6.45, 7) is 2.06. The average Bonchev–Trinajstić information content (AvgIpc) is 3.62. The Labute approximate surface area is 237 Å². The number of halogens is 4. The number of amides is 1. The number of rotatable bonds is 5. The number of alkyl halides is 3. The van der Waals surface area contributed by atoms with Crippen LogP contribution >= 0.6 is 15.9 Å². The lowest BCUT2D eigenvalue weighted by atomic mass is 9.96. The van der Waals surface area contributed by atoms with Gasteiger partial charge in [0, 0.05) is 32.6 Å². The molecule has 0 unspecified atom stereocenters. The Morgan fingerprint density at radius 3 is 2.12 bits per heavy atom. The second kappa shape index (κ2) is 10.8. The fraction of sp³-hybridized carbons (Fsp3) is 0.310. The van der Waals surface area contributed by atoms with Crippen molar-refractivity contribution in [3.8, 4) is 0 Å². The lowest BCUT2D eigenvalue weighted by Crippen LogP contribution is -2.50. The number of carbonyl (C=O) groups is 1. The summed E-state index contributed by atoms with van der Waals surface area (Å²) in [7, 11) is 0. The van der Waals surface area contributed by atoms with Crippen LogP contribution in [0.5, 0.6) is 0 Å². The van der Waals surface area contributed by atoms with Crippen molar-refractivity contribution in [3.05, 3.63) is 106 Å². The van der Waals surface area contributed by atoms with Crippen molar-refractivity contribution in [2.24, 2.45) is 0 Å². The molecule has 1 N–H and O–H groups in total. The van der Waals surface area contributed by atoms with E-state index in [0.29, 0.717) is 31.9 Å². The molecule has 4 aromatic rings. The van der Waals surface area contributed by atoms with Gasteiger partial charge in [0.1, 0.15) is 11.6 Å². The van der Waals surface area contributed by atoms with E-state index >= 15 is 0 Å². The van der Waals surface area contributed by atoms with Crippen LogP contribution in [-0.2, 0) is 0 Å². The minimum Gasteiger partial charge on any atom is -0.467 e. The molecule has 2 aromatic carbocycles. The fourth-order valence-electron chi connectivity index (χ4n) is 5.62. The van der Waals surface area contributed by atoms with Crippen LogP contribution in [0.15, 0.2) is 87.9 Å². The Morgan fingerprint density at radius 1 is 0.950 bits per heavy atom. The monoisotopic (exact) mass is 613 g/mol. The topological polar surface area (TPSA) is 66.5 Å². The van der Waals surface area contributed by atoms with Gasteiger partial charge in [-0.15, -0.1) is 0 Å². The van der Waals surface area contributed by atoms with Gasteiger partial charge < -0.3 is 14.6 Å². The molecule has 4 heterocycles. The van der Waals surface area contributed by atoms with Crippen LogP contribution in [-0.4, -0.2) is 57.8 Å². The molecule has 208 valence electrons. The van der Waals surface area contributed by atoms with Gasteiger partial charge >= 0.3 is 6.18 Å². The van der Waals surface area contributed by atoms with Gasteiger partial charge in [0.25, 0.3) is 5.91 Å². The third-order valence-electron chi connectivity index (χ3n) is 7.58. The van der Waals surface area contributed by atoms with E-state index in [2.05, 4.69) is 55.5 Å². The number of piperazine rings is 1. The third kappa shape index (κ3) is 5.03. The molecule has 0 radical (unpaired) electrons.